The molecule has 0 saturated carbocycles. The number of likely N-dealkylation sites (tertiary alicyclic amines) is 1. The summed E-state index contributed by atoms with van der Waals surface area (Å²) in [5.41, 5.74) is 12.2. The Balaban J connectivity index is 2.25. The van der Waals surface area contributed by atoms with Crippen molar-refractivity contribution in [1.82, 2.24) is 14.7 Å². The first-order valence-electron chi connectivity index (χ1n) is 14.4. The van der Waals surface area contributed by atoms with Crippen LogP contribution >= 0.6 is 0 Å². The molecular weight excluding hydrogens is 562 g/mol. The molecule has 0 aliphatic carbocycles. The number of rotatable bonds is 16. The lowest BCUT2D eigenvalue weighted by atomic mass is 9.98. The highest BCUT2D eigenvalue weighted by atomic mass is 16.6. The highest BCUT2D eigenvalue weighted by Gasteiger charge is 2.40. The normalized spacial score (nSPS) is 15.7. The van der Waals surface area contributed by atoms with E-state index in [0.717, 1.165) is 10.5 Å². The molecule has 2 rings (SSSR count). The van der Waals surface area contributed by atoms with Crippen LogP contribution in [0.2, 0.25) is 0 Å². The number of nitrogens with zero attached hydrogens (tertiary/aromatic N) is 3. The van der Waals surface area contributed by atoms with Gasteiger partial charge in [-0.25, -0.2) is 14.5 Å². The minimum atomic E-state index is -1.48. The summed E-state index contributed by atoms with van der Waals surface area (Å²) < 4.78 is 10.6. The predicted octanol–water partition coefficient (Wildman–Crippen LogP) is 0.712. The molecule has 1 aromatic rings. The van der Waals surface area contributed by atoms with E-state index < -0.39 is 66.8 Å². The molecule has 4 amide bonds. The average molecular weight is 606 g/mol. The molecule has 5 N–H and O–H groups in total. The van der Waals surface area contributed by atoms with Crippen molar-refractivity contribution in [3.05, 3.63) is 35.9 Å². The van der Waals surface area contributed by atoms with Crippen molar-refractivity contribution in [3.63, 3.8) is 0 Å². The van der Waals surface area contributed by atoms with Crippen molar-refractivity contribution in [1.29, 1.82) is 0 Å². The monoisotopic (exact) mass is 605 g/mol. The number of imide groups is 1. The van der Waals surface area contributed by atoms with E-state index >= 15 is 0 Å². The quantitative estimate of drug-likeness (QED) is 0.177. The van der Waals surface area contributed by atoms with E-state index in [1.807, 2.05) is 13.0 Å². The molecule has 14 heteroatoms. The number of carboxylic acid groups (broad SMARTS) is 1. The van der Waals surface area contributed by atoms with Crippen molar-refractivity contribution in [2.75, 3.05) is 39.8 Å². The lowest BCUT2D eigenvalue weighted by molar-refractivity contribution is -0.152. The number of likely N-dealkylation sites (N-methyl/N-ethyl adjacent to an activating group) is 1. The number of hydrogen-bond donors (Lipinski definition) is 3. The molecule has 1 aromatic carbocycles. The van der Waals surface area contributed by atoms with Gasteiger partial charge in [0.05, 0.1) is 25.6 Å². The first-order valence-corrected chi connectivity index (χ1v) is 14.4. The van der Waals surface area contributed by atoms with Gasteiger partial charge in [-0.2, -0.15) is 0 Å². The summed E-state index contributed by atoms with van der Waals surface area (Å²) in [6.07, 6.45) is 0.719. The zero-order valence-corrected chi connectivity index (χ0v) is 24.8. The molecule has 14 nitrogen and oxygen atoms in total. The molecule has 43 heavy (non-hydrogen) atoms. The van der Waals surface area contributed by atoms with Gasteiger partial charge in [-0.3, -0.25) is 19.2 Å². The highest BCUT2D eigenvalue weighted by molar-refractivity contribution is 5.99. The highest BCUT2D eigenvalue weighted by Crippen LogP contribution is 2.20. The Morgan fingerprint density at radius 1 is 1.07 bits per heavy atom. The molecule has 0 spiro atoms. The number of carbonyl (C=O) groups is 6. The van der Waals surface area contributed by atoms with Gasteiger partial charge in [-0.1, -0.05) is 43.7 Å². The fourth-order valence-electron chi connectivity index (χ4n) is 4.72. The second-order valence-electron chi connectivity index (χ2n) is 10.3. The van der Waals surface area contributed by atoms with E-state index in [4.69, 9.17) is 20.9 Å². The minimum absolute atomic E-state index is 0.00168. The van der Waals surface area contributed by atoms with Gasteiger partial charge in [0, 0.05) is 20.1 Å². The molecule has 1 aliphatic heterocycles. The van der Waals surface area contributed by atoms with Crippen LogP contribution in [0.4, 0.5) is 4.79 Å². The van der Waals surface area contributed by atoms with Gasteiger partial charge in [-0.05, 0) is 37.7 Å². The van der Waals surface area contributed by atoms with E-state index in [2.05, 4.69) is 0 Å². The number of benzene rings is 1. The van der Waals surface area contributed by atoms with E-state index in [-0.39, 0.29) is 39.1 Å². The summed E-state index contributed by atoms with van der Waals surface area (Å²) in [5, 5.41) is 9.44. The number of unbranched alkanes of at least 4 members (excludes halogenated alkanes) is 1. The van der Waals surface area contributed by atoms with Gasteiger partial charge in [0.2, 0.25) is 17.7 Å². The number of amides is 4. The maximum atomic E-state index is 13.7. The summed E-state index contributed by atoms with van der Waals surface area (Å²) in [6.45, 7) is 0.900. The summed E-state index contributed by atoms with van der Waals surface area (Å²) in [7, 11) is 1.31. The van der Waals surface area contributed by atoms with Gasteiger partial charge in [0.25, 0.3) is 0 Å². The maximum absolute atomic E-state index is 13.7. The second-order valence-corrected chi connectivity index (χ2v) is 10.3. The molecule has 1 aliphatic rings. The SMILES string of the molecule is CCCCOC(=O)N(C(=O)CN)[C@@H](CCC(CN)C(=O)OCc1ccccc1)C(=O)N(C)CC(=O)N1CCC[C@H]1C(=O)O. The van der Waals surface area contributed by atoms with Crippen LogP contribution in [0, 0.1) is 5.92 Å². The van der Waals surface area contributed by atoms with Crippen molar-refractivity contribution < 1.29 is 43.3 Å². The Kier molecular flexibility index (Phi) is 14.6. The Morgan fingerprint density at radius 3 is 2.37 bits per heavy atom. The Morgan fingerprint density at radius 2 is 1.77 bits per heavy atom. The molecule has 0 aromatic heterocycles. The minimum Gasteiger partial charge on any atom is -0.480 e. The van der Waals surface area contributed by atoms with Gasteiger partial charge in [-0.15, -0.1) is 0 Å². The van der Waals surface area contributed by atoms with E-state index in [9.17, 15) is 33.9 Å². The van der Waals surface area contributed by atoms with Crippen LogP contribution in [-0.4, -0.2) is 107 Å². The molecule has 1 unspecified atom stereocenters. The second kappa shape index (κ2) is 17.8. The Hall–Kier alpha value is -4.04. The third-order valence-corrected chi connectivity index (χ3v) is 7.20. The average Bonchev–Trinajstić information content (AvgIpc) is 3.50. The van der Waals surface area contributed by atoms with Crippen molar-refractivity contribution >= 4 is 35.8 Å². The molecule has 238 valence electrons. The summed E-state index contributed by atoms with van der Waals surface area (Å²) in [5.74, 6) is -4.89. The van der Waals surface area contributed by atoms with E-state index in [0.29, 0.717) is 30.6 Å². The Bertz CT molecular complexity index is 1120. The standard InChI is InChI=1S/C29H43N5O9/c1-3-4-15-42-29(41)34(24(35)17-31)22(13-12-21(16-30)28(40)43-19-20-9-6-5-7-10-20)26(37)32(2)18-25(36)33-14-8-11-23(33)27(38)39/h5-7,9-10,21-23H,3-4,8,11-19,30-31H2,1-2H3,(H,38,39)/t21?,22-,23-/m0/s1. The topological polar surface area (TPSA) is 203 Å². The van der Waals surface area contributed by atoms with Crippen LogP contribution < -0.4 is 11.5 Å². The van der Waals surface area contributed by atoms with Crippen LogP contribution in [0.3, 0.4) is 0 Å². The molecular formula is C29H43N5O9. The first kappa shape index (κ1) is 35.2. The Labute approximate surface area is 251 Å². The third kappa shape index (κ3) is 10.3. The number of carboxylic acids is 1. The van der Waals surface area contributed by atoms with Crippen LogP contribution in [-0.2, 0) is 40.1 Å². The zero-order valence-electron chi connectivity index (χ0n) is 24.8. The van der Waals surface area contributed by atoms with Gasteiger partial charge >= 0.3 is 18.0 Å². The van der Waals surface area contributed by atoms with Gasteiger partial charge < -0.3 is 35.8 Å². The number of hydrogen-bond acceptors (Lipinski definition) is 10. The fourth-order valence-corrected chi connectivity index (χ4v) is 4.72. The van der Waals surface area contributed by atoms with E-state index in [1.54, 1.807) is 24.3 Å². The molecule has 3 atom stereocenters. The van der Waals surface area contributed by atoms with Crippen LogP contribution in [0.25, 0.3) is 0 Å². The number of carbonyl (C=O) groups excluding carboxylic acids is 5. The molecule has 1 fully saturated rings. The molecule has 1 saturated heterocycles. The first-order chi connectivity index (χ1) is 20.5. The van der Waals surface area contributed by atoms with Crippen molar-refractivity contribution in [2.24, 2.45) is 17.4 Å². The van der Waals surface area contributed by atoms with Crippen LogP contribution in [0.5, 0.6) is 0 Å². The van der Waals surface area contributed by atoms with Crippen molar-refractivity contribution in [3.8, 4) is 0 Å². The largest absolute Gasteiger partial charge is 0.480 e. The lowest BCUT2D eigenvalue weighted by Gasteiger charge is -2.32. The maximum Gasteiger partial charge on any atom is 0.417 e. The third-order valence-electron chi connectivity index (χ3n) is 7.20. The van der Waals surface area contributed by atoms with Crippen molar-refractivity contribution in [2.45, 2.75) is 64.1 Å². The predicted molar refractivity (Wildman–Crippen MR) is 154 cm³/mol. The molecule has 0 bridgehead atoms. The molecule has 1 heterocycles. The lowest BCUT2D eigenvalue weighted by Crippen LogP contribution is -2.56. The summed E-state index contributed by atoms with van der Waals surface area (Å²) in [4.78, 5) is 79.8. The summed E-state index contributed by atoms with van der Waals surface area (Å²) in [6, 6.07) is 6.53. The number of aliphatic carboxylic acids is 1. The van der Waals surface area contributed by atoms with E-state index in [1.165, 1.54) is 11.9 Å². The summed E-state index contributed by atoms with van der Waals surface area (Å²) >= 11 is 0. The fraction of sp³-hybridized carbons (Fsp3) is 0.586. The number of esters is 1. The smallest absolute Gasteiger partial charge is 0.417 e. The van der Waals surface area contributed by atoms with Crippen LogP contribution in [0.1, 0.15) is 51.0 Å². The number of ether oxygens (including phenoxy) is 2. The van der Waals surface area contributed by atoms with Crippen LogP contribution in [0.15, 0.2) is 30.3 Å². The van der Waals surface area contributed by atoms with Gasteiger partial charge in [0.15, 0.2) is 0 Å². The molecule has 0 radical (unpaired) electrons. The zero-order chi connectivity index (χ0) is 31.9. The number of nitrogens with two attached hydrogens (primary N) is 2. The van der Waals surface area contributed by atoms with Gasteiger partial charge in [0.1, 0.15) is 18.7 Å².